The molecule has 2 unspecified atom stereocenters. The van der Waals surface area contributed by atoms with Crippen LogP contribution >= 0.6 is 0 Å². The molecule has 2 atom stereocenters. The number of nitrogens with two attached hydrogens (primary N) is 1. The van der Waals surface area contributed by atoms with E-state index < -0.39 is 0 Å². The molecule has 0 spiro atoms. The fraction of sp³-hybridized carbons (Fsp3) is 0.714. The molecule has 2 fully saturated rings. The SMILES string of the molecule is NC1CCC(C(=O)N2CCC(c3ccn[nH]3)CC2)C1. The van der Waals surface area contributed by atoms with E-state index in [1.807, 2.05) is 11.0 Å². The summed E-state index contributed by atoms with van der Waals surface area (Å²) in [5.74, 6) is 1.03. The highest BCUT2D eigenvalue weighted by Crippen LogP contribution is 2.30. The van der Waals surface area contributed by atoms with Crippen LogP contribution in [0.25, 0.3) is 0 Å². The molecular formula is C14H22N4O. The summed E-state index contributed by atoms with van der Waals surface area (Å²) in [7, 11) is 0. The fourth-order valence-electron chi connectivity index (χ4n) is 3.40. The van der Waals surface area contributed by atoms with Gasteiger partial charge in [0.05, 0.1) is 0 Å². The van der Waals surface area contributed by atoms with Crippen molar-refractivity contribution in [3.8, 4) is 0 Å². The molecule has 3 N–H and O–H groups in total. The molecule has 0 bridgehead atoms. The molecule has 1 saturated carbocycles. The van der Waals surface area contributed by atoms with Crippen molar-refractivity contribution in [2.75, 3.05) is 13.1 Å². The first kappa shape index (κ1) is 12.7. The van der Waals surface area contributed by atoms with Gasteiger partial charge in [0.1, 0.15) is 0 Å². The summed E-state index contributed by atoms with van der Waals surface area (Å²) < 4.78 is 0. The number of likely N-dealkylation sites (tertiary alicyclic amines) is 1. The van der Waals surface area contributed by atoms with Gasteiger partial charge in [-0.05, 0) is 38.2 Å². The number of piperidine rings is 1. The molecule has 19 heavy (non-hydrogen) atoms. The van der Waals surface area contributed by atoms with Gasteiger partial charge in [-0.15, -0.1) is 0 Å². The van der Waals surface area contributed by atoms with E-state index in [-0.39, 0.29) is 12.0 Å². The highest BCUT2D eigenvalue weighted by atomic mass is 16.2. The quantitative estimate of drug-likeness (QED) is 0.842. The van der Waals surface area contributed by atoms with Crippen LogP contribution in [-0.2, 0) is 4.79 Å². The van der Waals surface area contributed by atoms with Crippen molar-refractivity contribution >= 4 is 5.91 Å². The largest absolute Gasteiger partial charge is 0.342 e. The smallest absolute Gasteiger partial charge is 0.225 e. The standard InChI is InChI=1S/C14H22N4O/c15-12-2-1-11(9-12)14(19)18-7-4-10(5-8-18)13-3-6-16-17-13/h3,6,10-12H,1-2,4-5,7-9,15H2,(H,16,17). The van der Waals surface area contributed by atoms with Crippen molar-refractivity contribution in [2.45, 2.75) is 44.1 Å². The molecule has 1 saturated heterocycles. The van der Waals surface area contributed by atoms with Crippen molar-refractivity contribution in [2.24, 2.45) is 11.7 Å². The summed E-state index contributed by atoms with van der Waals surface area (Å²) in [5.41, 5.74) is 7.10. The number of aromatic amines is 1. The number of rotatable bonds is 2. The number of carbonyl (C=O) groups is 1. The Morgan fingerprint density at radius 2 is 2.11 bits per heavy atom. The van der Waals surface area contributed by atoms with Crippen LogP contribution in [-0.4, -0.2) is 40.1 Å². The van der Waals surface area contributed by atoms with E-state index in [1.54, 1.807) is 6.20 Å². The van der Waals surface area contributed by atoms with Gasteiger partial charge in [0.25, 0.3) is 0 Å². The maximum atomic E-state index is 12.4. The highest BCUT2D eigenvalue weighted by molar-refractivity contribution is 5.79. The first-order chi connectivity index (χ1) is 9.24. The first-order valence-corrected chi connectivity index (χ1v) is 7.27. The Morgan fingerprint density at radius 1 is 1.32 bits per heavy atom. The lowest BCUT2D eigenvalue weighted by molar-refractivity contribution is -0.136. The normalized spacial score (nSPS) is 28.8. The van der Waals surface area contributed by atoms with E-state index in [9.17, 15) is 4.79 Å². The third kappa shape index (κ3) is 2.66. The van der Waals surface area contributed by atoms with E-state index in [0.717, 1.165) is 45.2 Å². The van der Waals surface area contributed by atoms with Crippen LogP contribution in [0.2, 0.25) is 0 Å². The van der Waals surface area contributed by atoms with E-state index >= 15 is 0 Å². The van der Waals surface area contributed by atoms with Crippen LogP contribution in [0.1, 0.15) is 43.7 Å². The summed E-state index contributed by atoms with van der Waals surface area (Å²) in [6, 6.07) is 2.27. The average molecular weight is 262 g/mol. The molecule has 1 amide bonds. The second-order valence-corrected chi connectivity index (χ2v) is 5.88. The summed E-state index contributed by atoms with van der Waals surface area (Å²) >= 11 is 0. The zero-order chi connectivity index (χ0) is 13.2. The summed E-state index contributed by atoms with van der Waals surface area (Å²) in [5, 5.41) is 7.05. The zero-order valence-corrected chi connectivity index (χ0v) is 11.2. The van der Waals surface area contributed by atoms with E-state index in [4.69, 9.17) is 5.73 Å². The third-order valence-corrected chi connectivity index (χ3v) is 4.59. The van der Waals surface area contributed by atoms with Gasteiger partial charge in [-0.3, -0.25) is 9.89 Å². The van der Waals surface area contributed by atoms with Crippen LogP contribution in [0.3, 0.4) is 0 Å². The van der Waals surface area contributed by atoms with Crippen molar-refractivity contribution in [1.82, 2.24) is 15.1 Å². The number of carbonyl (C=O) groups excluding carboxylic acids is 1. The van der Waals surface area contributed by atoms with Crippen LogP contribution in [0.15, 0.2) is 12.3 Å². The second-order valence-electron chi connectivity index (χ2n) is 5.88. The Kier molecular flexibility index (Phi) is 3.55. The number of H-pyrrole nitrogens is 1. The molecule has 1 aromatic heterocycles. The van der Waals surface area contributed by atoms with Crippen LogP contribution in [0, 0.1) is 5.92 Å². The minimum Gasteiger partial charge on any atom is -0.342 e. The maximum Gasteiger partial charge on any atom is 0.225 e. The van der Waals surface area contributed by atoms with Gasteiger partial charge in [-0.1, -0.05) is 0 Å². The molecule has 3 rings (SSSR count). The molecule has 5 nitrogen and oxygen atoms in total. The van der Waals surface area contributed by atoms with Gasteiger partial charge >= 0.3 is 0 Å². The zero-order valence-electron chi connectivity index (χ0n) is 11.2. The molecular weight excluding hydrogens is 240 g/mol. The van der Waals surface area contributed by atoms with Gasteiger partial charge in [-0.2, -0.15) is 5.10 Å². The van der Waals surface area contributed by atoms with Gasteiger partial charge in [0.2, 0.25) is 5.91 Å². The lowest BCUT2D eigenvalue weighted by Crippen LogP contribution is -2.41. The van der Waals surface area contributed by atoms with Crippen LogP contribution < -0.4 is 5.73 Å². The Hall–Kier alpha value is -1.36. The Labute approximate surface area is 113 Å². The maximum absolute atomic E-state index is 12.4. The van der Waals surface area contributed by atoms with Gasteiger partial charge in [0.15, 0.2) is 0 Å². The van der Waals surface area contributed by atoms with Crippen molar-refractivity contribution in [1.29, 1.82) is 0 Å². The number of amides is 1. The van der Waals surface area contributed by atoms with E-state index in [0.29, 0.717) is 11.8 Å². The number of nitrogens with zero attached hydrogens (tertiary/aromatic N) is 2. The van der Waals surface area contributed by atoms with Gasteiger partial charge < -0.3 is 10.6 Å². The summed E-state index contributed by atoms with van der Waals surface area (Å²) in [4.78, 5) is 14.4. The summed E-state index contributed by atoms with van der Waals surface area (Å²) in [6.45, 7) is 1.74. The first-order valence-electron chi connectivity index (χ1n) is 7.27. The molecule has 2 aliphatic rings. The second kappa shape index (κ2) is 5.33. The third-order valence-electron chi connectivity index (χ3n) is 4.59. The Morgan fingerprint density at radius 3 is 2.68 bits per heavy atom. The van der Waals surface area contributed by atoms with Crippen molar-refractivity contribution in [3.63, 3.8) is 0 Å². The molecule has 1 aliphatic carbocycles. The van der Waals surface area contributed by atoms with E-state index in [1.165, 1.54) is 5.69 Å². The van der Waals surface area contributed by atoms with Crippen LogP contribution in [0.4, 0.5) is 0 Å². The average Bonchev–Trinajstić information content (AvgIpc) is 3.09. The summed E-state index contributed by atoms with van der Waals surface area (Å²) in [6.07, 6.45) is 6.72. The molecule has 0 aromatic carbocycles. The molecule has 0 radical (unpaired) electrons. The number of aromatic nitrogens is 2. The van der Waals surface area contributed by atoms with Crippen molar-refractivity contribution in [3.05, 3.63) is 18.0 Å². The molecule has 5 heteroatoms. The minimum absolute atomic E-state index is 0.179. The van der Waals surface area contributed by atoms with Gasteiger partial charge in [-0.25, -0.2) is 0 Å². The predicted octanol–water partition coefficient (Wildman–Crippen LogP) is 1.24. The van der Waals surface area contributed by atoms with Crippen LogP contribution in [0.5, 0.6) is 0 Å². The number of nitrogens with one attached hydrogen (secondary N) is 1. The number of hydrogen-bond acceptors (Lipinski definition) is 3. The van der Waals surface area contributed by atoms with Gasteiger partial charge in [0, 0.05) is 42.9 Å². The Bertz CT molecular complexity index is 423. The minimum atomic E-state index is 0.179. The lowest BCUT2D eigenvalue weighted by Gasteiger charge is -2.33. The molecule has 1 aromatic rings. The fourth-order valence-corrected chi connectivity index (χ4v) is 3.40. The topological polar surface area (TPSA) is 75.0 Å². The predicted molar refractivity (Wildman–Crippen MR) is 72.5 cm³/mol. The Balaban J connectivity index is 1.54. The van der Waals surface area contributed by atoms with Crippen molar-refractivity contribution < 1.29 is 4.79 Å². The monoisotopic (exact) mass is 262 g/mol. The molecule has 2 heterocycles. The highest BCUT2D eigenvalue weighted by Gasteiger charge is 2.33. The molecule has 1 aliphatic heterocycles. The van der Waals surface area contributed by atoms with E-state index in [2.05, 4.69) is 10.2 Å². The lowest BCUT2D eigenvalue weighted by atomic mass is 9.92. The number of hydrogen-bond donors (Lipinski definition) is 2. The molecule has 104 valence electrons.